The van der Waals surface area contributed by atoms with Crippen molar-refractivity contribution >= 4 is 11.6 Å². The van der Waals surface area contributed by atoms with E-state index < -0.39 is 6.61 Å². The molecule has 2 aromatic rings. The van der Waals surface area contributed by atoms with Gasteiger partial charge in [-0.1, -0.05) is 6.92 Å². The highest BCUT2D eigenvalue weighted by molar-refractivity contribution is 5.66. The van der Waals surface area contributed by atoms with E-state index in [1.165, 1.54) is 12.3 Å². The molecule has 2 unspecified atom stereocenters. The van der Waals surface area contributed by atoms with Crippen LogP contribution in [0.4, 0.5) is 20.4 Å². The lowest BCUT2D eigenvalue weighted by Crippen LogP contribution is -2.37. The van der Waals surface area contributed by atoms with Crippen molar-refractivity contribution in [3.63, 3.8) is 0 Å². The summed E-state index contributed by atoms with van der Waals surface area (Å²) in [5.74, 6) is 2.21. The fourth-order valence-corrected chi connectivity index (χ4v) is 3.19. The number of hydrogen-bond acceptors (Lipinski definition) is 7. The molecule has 1 saturated carbocycles. The minimum Gasteiger partial charge on any atom is -0.431 e. The Morgan fingerprint density at radius 2 is 2.00 bits per heavy atom. The summed E-state index contributed by atoms with van der Waals surface area (Å²) in [6.45, 7) is 1.97. The minimum atomic E-state index is -2.97. The van der Waals surface area contributed by atoms with Crippen LogP contribution in [0.25, 0.3) is 11.3 Å². The van der Waals surface area contributed by atoms with Crippen molar-refractivity contribution in [1.82, 2.24) is 15.0 Å². The zero-order chi connectivity index (χ0) is 19.0. The summed E-state index contributed by atoms with van der Waals surface area (Å²) in [5.41, 5.74) is 6.82. The summed E-state index contributed by atoms with van der Waals surface area (Å²) in [6, 6.07) is 3.29. The minimum absolute atomic E-state index is 0.0856. The molecule has 4 rings (SSSR count). The number of nitrogens with zero attached hydrogens (tertiary/aromatic N) is 4. The SMILES string of the molecule is CC1CC1c1nc(-c2cnc(N)c(OC(F)F)c2)cc(N2CCOCC2)n1. The zero-order valence-corrected chi connectivity index (χ0v) is 14.9. The van der Waals surface area contributed by atoms with Crippen LogP contribution in [0, 0.1) is 5.92 Å². The van der Waals surface area contributed by atoms with E-state index in [1.54, 1.807) is 0 Å². The lowest BCUT2D eigenvalue weighted by Gasteiger charge is -2.28. The molecule has 2 fully saturated rings. The molecule has 0 aromatic carbocycles. The van der Waals surface area contributed by atoms with E-state index in [9.17, 15) is 8.78 Å². The number of hydrogen-bond donors (Lipinski definition) is 1. The highest BCUT2D eigenvalue weighted by Gasteiger charge is 2.37. The molecule has 3 heterocycles. The first-order chi connectivity index (χ1) is 13.0. The lowest BCUT2D eigenvalue weighted by molar-refractivity contribution is -0.0494. The quantitative estimate of drug-likeness (QED) is 0.857. The third-order valence-corrected chi connectivity index (χ3v) is 4.90. The van der Waals surface area contributed by atoms with Crippen LogP contribution in [-0.2, 0) is 4.74 Å². The van der Waals surface area contributed by atoms with E-state index in [2.05, 4.69) is 26.5 Å². The molecule has 9 heteroatoms. The van der Waals surface area contributed by atoms with Gasteiger partial charge in [0.25, 0.3) is 0 Å². The Balaban J connectivity index is 1.73. The van der Waals surface area contributed by atoms with Crippen molar-refractivity contribution in [2.75, 3.05) is 36.9 Å². The molecule has 1 saturated heterocycles. The number of anilines is 2. The molecule has 7 nitrogen and oxygen atoms in total. The Hall–Kier alpha value is -2.55. The van der Waals surface area contributed by atoms with E-state index in [1.807, 2.05) is 6.07 Å². The van der Waals surface area contributed by atoms with Gasteiger partial charge in [-0.2, -0.15) is 8.78 Å². The van der Waals surface area contributed by atoms with Crippen LogP contribution >= 0.6 is 0 Å². The van der Waals surface area contributed by atoms with Gasteiger partial charge in [-0.25, -0.2) is 15.0 Å². The van der Waals surface area contributed by atoms with Crippen LogP contribution in [0.2, 0.25) is 0 Å². The van der Waals surface area contributed by atoms with Crippen molar-refractivity contribution < 1.29 is 18.3 Å². The molecule has 0 spiro atoms. The van der Waals surface area contributed by atoms with Gasteiger partial charge in [0.05, 0.1) is 18.9 Å². The second kappa shape index (κ2) is 7.22. The summed E-state index contributed by atoms with van der Waals surface area (Å²) in [5, 5.41) is 0. The van der Waals surface area contributed by atoms with Gasteiger partial charge in [-0.3, -0.25) is 0 Å². The summed E-state index contributed by atoms with van der Waals surface area (Å²) < 4.78 is 35.1. The molecule has 1 aliphatic heterocycles. The van der Waals surface area contributed by atoms with Gasteiger partial charge in [0.2, 0.25) is 0 Å². The average Bonchev–Trinajstić information content (AvgIpc) is 3.40. The Morgan fingerprint density at radius 3 is 2.67 bits per heavy atom. The van der Waals surface area contributed by atoms with Gasteiger partial charge in [-0.15, -0.1) is 0 Å². The standard InChI is InChI=1S/C18H21F2N5O2/c1-10-6-12(10)17-23-13(8-15(24-17)25-2-4-26-5-3-25)11-7-14(27-18(19)20)16(21)22-9-11/h7-10,12,18H,2-6H2,1H3,(H2,21,22). The third kappa shape index (κ3) is 3.92. The summed E-state index contributed by atoms with van der Waals surface area (Å²) in [6.07, 6.45) is 2.56. The maximum atomic E-state index is 12.6. The number of pyridine rings is 1. The molecule has 2 N–H and O–H groups in total. The molecule has 2 aliphatic rings. The largest absolute Gasteiger partial charge is 0.431 e. The number of nitrogen functional groups attached to an aromatic ring is 1. The monoisotopic (exact) mass is 377 g/mol. The molecule has 27 heavy (non-hydrogen) atoms. The summed E-state index contributed by atoms with van der Waals surface area (Å²) in [4.78, 5) is 15.5. The predicted octanol–water partition coefficient (Wildman–Crippen LogP) is 2.68. The Labute approximate surface area is 155 Å². The molecule has 2 aromatic heterocycles. The van der Waals surface area contributed by atoms with E-state index >= 15 is 0 Å². The maximum Gasteiger partial charge on any atom is 0.387 e. The van der Waals surface area contributed by atoms with Crippen molar-refractivity contribution in [1.29, 1.82) is 0 Å². The van der Waals surface area contributed by atoms with Gasteiger partial charge >= 0.3 is 6.61 Å². The Kier molecular flexibility index (Phi) is 4.77. The third-order valence-electron chi connectivity index (χ3n) is 4.90. The molecular weight excluding hydrogens is 356 g/mol. The molecule has 0 amide bonds. The van der Waals surface area contributed by atoms with E-state index in [0.29, 0.717) is 36.3 Å². The first-order valence-corrected chi connectivity index (χ1v) is 8.93. The Morgan fingerprint density at radius 1 is 1.26 bits per heavy atom. The van der Waals surface area contributed by atoms with Crippen molar-refractivity contribution in [3.05, 3.63) is 24.2 Å². The van der Waals surface area contributed by atoms with Gasteiger partial charge in [-0.05, 0) is 18.4 Å². The fourth-order valence-electron chi connectivity index (χ4n) is 3.19. The second-order valence-corrected chi connectivity index (χ2v) is 6.87. The predicted molar refractivity (Wildman–Crippen MR) is 95.9 cm³/mol. The first kappa shape index (κ1) is 17.8. The van der Waals surface area contributed by atoms with Gasteiger partial charge in [0, 0.05) is 36.8 Å². The zero-order valence-electron chi connectivity index (χ0n) is 14.9. The number of halogens is 2. The molecule has 1 aliphatic carbocycles. The highest BCUT2D eigenvalue weighted by Crippen LogP contribution is 2.46. The fraction of sp³-hybridized carbons (Fsp3) is 0.500. The maximum absolute atomic E-state index is 12.6. The Bertz CT molecular complexity index is 829. The highest BCUT2D eigenvalue weighted by atomic mass is 19.3. The number of ether oxygens (including phenoxy) is 2. The molecule has 144 valence electrons. The average molecular weight is 377 g/mol. The van der Waals surface area contributed by atoms with Crippen LogP contribution < -0.4 is 15.4 Å². The van der Waals surface area contributed by atoms with Crippen LogP contribution in [0.3, 0.4) is 0 Å². The van der Waals surface area contributed by atoms with E-state index in [-0.39, 0.29) is 11.6 Å². The van der Waals surface area contributed by atoms with Gasteiger partial charge in [0.15, 0.2) is 11.6 Å². The van der Waals surface area contributed by atoms with Crippen molar-refractivity contribution in [2.24, 2.45) is 5.92 Å². The lowest BCUT2D eigenvalue weighted by atomic mass is 10.1. The smallest absolute Gasteiger partial charge is 0.387 e. The normalized spacial score (nSPS) is 22.1. The molecule has 2 atom stereocenters. The van der Waals surface area contributed by atoms with Crippen molar-refractivity contribution in [3.8, 4) is 17.0 Å². The van der Waals surface area contributed by atoms with Crippen molar-refractivity contribution in [2.45, 2.75) is 25.9 Å². The number of nitrogens with two attached hydrogens (primary N) is 1. The topological polar surface area (TPSA) is 86.4 Å². The van der Waals surface area contributed by atoms with E-state index in [4.69, 9.17) is 15.5 Å². The van der Waals surface area contributed by atoms with Gasteiger partial charge < -0.3 is 20.1 Å². The van der Waals surface area contributed by atoms with E-state index in [0.717, 1.165) is 31.2 Å². The van der Waals surface area contributed by atoms with Crippen LogP contribution in [-0.4, -0.2) is 47.9 Å². The number of rotatable bonds is 5. The summed E-state index contributed by atoms with van der Waals surface area (Å²) in [7, 11) is 0. The molecular formula is C18H21F2N5O2. The number of aromatic nitrogens is 3. The van der Waals surface area contributed by atoms with Crippen LogP contribution in [0.15, 0.2) is 18.3 Å². The molecule has 0 radical (unpaired) electrons. The molecule has 0 bridgehead atoms. The number of morpholine rings is 1. The van der Waals surface area contributed by atoms with Gasteiger partial charge in [0.1, 0.15) is 11.6 Å². The second-order valence-electron chi connectivity index (χ2n) is 6.87. The first-order valence-electron chi connectivity index (χ1n) is 8.93. The summed E-state index contributed by atoms with van der Waals surface area (Å²) >= 11 is 0. The van der Waals surface area contributed by atoms with Crippen LogP contribution in [0.1, 0.15) is 25.1 Å². The number of alkyl halides is 2. The van der Waals surface area contributed by atoms with Crippen LogP contribution in [0.5, 0.6) is 5.75 Å².